The smallest absolute Gasteiger partial charge is 0.399 e. The Labute approximate surface area is 96.7 Å². The van der Waals surface area contributed by atoms with Crippen molar-refractivity contribution in [3.8, 4) is 0 Å². The van der Waals surface area contributed by atoms with E-state index in [0.717, 1.165) is 6.07 Å². The number of aryl methyl sites for hydroxylation is 1. The Morgan fingerprint density at radius 3 is 2.35 bits per heavy atom. The maximum absolute atomic E-state index is 11.9. The van der Waals surface area contributed by atoms with E-state index in [0.29, 0.717) is 5.56 Å². The minimum Gasteiger partial charge on any atom is -0.399 e. The Bertz CT molecular complexity index is 491. The minimum absolute atomic E-state index is 0.178. The van der Waals surface area contributed by atoms with Gasteiger partial charge >= 0.3 is 6.18 Å². The topological polar surface area (TPSA) is 72.2 Å². The molecule has 0 heterocycles. The van der Waals surface area contributed by atoms with E-state index < -0.39 is 22.7 Å². The highest BCUT2D eigenvalue weighted by Crippen LogP contribution is 2.18. The van der Waals surface area contributed by atoms with E-state index in [1.54, 1.807) is 6.92 Å². The number of hydrogen-bond donors (Lipinski definition) is 2. The number of benzene rings is 1. The monoisotopic (exact) mass is 268 g/mol. The van der Waals surface area contributed by atoms with E-state index in [1.807, 2.05) is 0 Å². The van der Waals surface area contributed by atoms with Crippen LogP contribution in [0.1, 0.15) is 5.56 Å². The second kappa shape index (κ2) is 4.53. The fourth-order valence-electron chi connectivity index (χ4n) is 1.19. The number of halogens is 3. The molecule has 8 heteroatoms. The van der Waals surface area contributed by atoms with E-state index in [-0.39, 0.29) is 10.6 Å². The summed E-state index contributed by atoms with van der Waals surface area (Å²) in [7, 11) is -4.19. The zero-order valence-corrected chi connectivity index (χ0v) is 9.69. The van der Waals surface area contributed by atoms with Gasteiger partial charge in [-0.3, -0.25) is 0 Å². The number of alkyl halides is 3. The van der Waals surface area contributed by atoms with E-state index in [4.69, 9.17) is 5.73 Å². The van der Waals surface area contributed by atoms with Crippen LogP contribution in [0.25, 0.3) is 0 Å². The first-order valence-corrected chi connectivity index (χ1v) is 6.02. The van der Waals surface area contributed by atoms with Gasteiger partial charge in [-0.2, -0.15) is 13.2 Å². The molecule has 4 nitrogen and oxygen atoms in total. The summed E-state index contributed by atoms with van der Waals surface area (Å²) in [4.78, 5) is -0.278. The maximum Gasteiger partial charge on any atom is 0.402 e. The molecule has 0 saturated carbocycles. The number of nitrogens with one attached hydrogen (secondary N) is 1. The van der Waals surface area contributed by atoms with Crippen molar-refractivity contribution in [1.82, 2.24) is 4.72 Å². The summed E-state index contributed by atoms with van der Waals surface area (Å²) in [5.74, 6) is 0. The molecule has 3 N–H and O–H groups in total. The Morgan fingerprint density at radius 2 is 1.88 bits per heavy atom. The van der Waals surface area contributed by atoms with Gasteiger partial charge in [0.2, 0.25) is 10.0 Å². The lowest BCUT2D eigenvalue weighted by atomic mass is 10.2. The van der Waals surface area contributed by atoms with Gasteiger partial charge in [0.25, 0.3) is 0 Å². The fraction of sp³-hybridized carbons (Fsp3) is 0.333. The van der Waals surface area contributed by atoms with Gasteiger partial charge in [-0.15, -0.1) is 0 Å². The van der Waals surface area contributed by atoms with E-state index >= 15 is 0 Å². The molecule has 0 aliphatic heterocycles. The quantitative estimate of drug-likeness (QED) is 0.814. The van der Waals surface area contributed by atoms with Gasteiger partial charge < -0.3 is 5.73 Å². The van der Waals surface area contributed by atoms with Crippen molar-refractivity contribution in [3.63, 3.8) is 0 Å². The van der Waals surface area contributed by atoms with Crippen LogP contribution in [0.15, 0.2) is 23.1 Å². The van der Waals surface area contributed by atoms with Crippen molar-refractivity contribution < 1.29 is 21.6 Å². The van der Waals surface area contributed by atoms with Crippen LogP contribution in [0.2, 0.25) is 0 Å². The molecule has 0 saturated heterocycles. The van der Waals surface area contributed by atoms with Crippen molar-refractivity contribution in [2.24, 2.45) is 0 Å². The third-order valence-corrected chi connectivity index (χ3v) is 3.23. The lowest BCUT2D eigenvalue weighted by Crippen LogP contribution is -2.33. The number of sulfonamides is 1. The summed E-state index contributed by atoms with van der Waals surface area (Å²) in [6.07, 6.45) is -4.59. The van der Waals surface area contributed by atoms with Gasteiger partial charge in [-0.1, -0.05) is 0 Å². The van der Waals surface area contributed by atoms with Gasteiger partial charge in [0.05, 0.1) is 4.90 Å². The molecule has 0 aliphatic carbocycles. The fourth-order valence-corrected chi connectivity index (χ4v) is 2.34. The number of anilines is 1. The normalized spacial score (nSPS) is 12.7. The van der Waals surface area contributed by atoms with E-state index in [1.165, 1.54) is 16.9 Å². The molecule has 0 spiro atoms. The Balaban J connectivity index is 2.98. The summed E-state index contributed by atoms with van der Waals surface area (Å²) >= 11 is 0. The first-order valence-electron chi connectivity index (χ1n) is 4.54. The SMILES string of the molecule is Cc1cc(N)cc(S(=O)(=O)NCC(F)(F)F)c1. The number of hydrogen-bond acceptors (Lipinski definition) is 3. The molecule has 0 radical (unpaired) electrons. The molecule has 0 fully saturated rings. The summed E-state index contributed by atoms with van der Waals surface area (Å²) < 4.78 is 60.2. The van der Waals surface area contributed by atoms with E-state index in [2.05, 4.69) is 0 Å². The van der Waals surface area contributed by atoms with Gasteiger partial charge in [-0.25, -0.2) is 13.1 Å². The Morgan fingerprint density at radius 1 is 1.29 bits per heavy atom. The molecule has 96 valence electrons. The van der Waals surface area contributed by atoms with Crippen LogP contribution in [0.4, 0.5) is 18.9 Å². The standard InChI is InChI=1S/C9H11F3N2O2S/c1-6-2-7(13)4-8(3-6)17(15,16)14-5-9(10,11)12/h2-4,14H,5,13H2,1H3. The van der Waals surface area contributed by atoms with Crippen LogP contribution in [-0.4, -0.2) is 21.1 Å². The lowest BCUT2D eigenvalue weighted by Gasteiger charge is -2.10. The van der Waals surface area contributed by atoms with Crippen LogP contribution in [0.3, 0.4) is 0 Å². The highest BCUT2D eigenvalue weighted by molar-refractivity contribution is 7.89. The third kappa shape index (κ3) is 4.23. The van der Waals surface area contributed by atoms with Gasteiger partial charge in [0, 0.05) is 5.69 Å². The second-order valence-corrected chi connectivity index (χ2v) is 5.29. The predicted octanol–water partition coefficient (Wildman–Crippen LogP) is 1.42. The van der Waals surface area contributed by atoms with E-state index in [9.17, 15) is 21.6 Å². The molecular weight excluding hydrogens is 257 g/mol. The van der Waals surface area contributed by atoms with Crippen molar-refractivity contribution in [2.45, 2.75) is 18.0 Å². The second-order valence-electron chi connectivity index (χ2n) is 3.52. The molecule has 0 amide bonds. The van der Waals surface area contributed by atoms with Crippen LogP contribution >= 0.6 is 0 Å². The molecule has 0 atom stereocenters. The van der Waals surface area contributed by atoms with Gasteiger partial charge in [0.15, 0.2) is 0 Å². The molecule has 17 heavy (non-hydrogen) atoms. The van der Waals surface area contributed by atoms with Crippen LogP contribution in [-0.2, 0) is 10.0 Å². The first-order chi connectivity index (χ1) is 7.60. The molecule has 0 unspecified atom stereocenters. The third-order valence-electron chi connectivity index (χ3n) is 1.85. The highest BCUT2D eigenvalue weighted by Gasteiger charge is 2.30. The van der Waals surface area contributed by atoms with Crippen LogP contribution < -0.4 is 10.5 Å². The highest BCUT2D eigenvalue weighted by atomic mass is 32.2. The van der Waals surface area contributed by atoms with Crippen molar-refractivity contribution in [3.05, 3.63) is 23.8 Å². The van der Waals surface area contributed by atoms with Gasteiger partial charge in [0.1, 0.15) is 6.54 Å². The zero-order chi connectivity index (χ0) is 13.3. The molecule has 1 aromatic rings. The molecule has 0 aromatic heterocycles. The lowest BCUT2D eigenvalue weighted by molar-refractivity contribution is -0.121. The number of nitrogens with two attached hydrogens (primary N) is 1. The molecule has 0 bridgehead atoms. The molecular formula is C9H11F3N2O2S. The Hall–Kier alpha value is -1.28. The minimum atomic E-state index is -4.59. The van der Waals surface area contributed by atoms with Crippen molar-refractivity contribution in [2.75, 3.05) is 12.3 Å². The molecule has 1 aromatic carbocycles. The summed E-state index contributed by atoms with van der Waals surface area (Å²) in [5, 5.41) is 0. The molecule has 0 aliphatic rings. The summed E-state index contributed by atoms with van der Waals surface area (Å²) in [5.41, 5.74) is 6.15. The van der Waals surface area contributed by atoms with Gasteiger partial charge in [-0.05, 0) is 30.7 Å². The Kier molecular flexibility index (Phi) is 3.68. The van der Waals surface area contributed by atoms with Crippen molar-refractivity contribution >= 4 is 15.7 Å². The molecule has 1 rings (SSSR count). The number of rotatable bonds is 3. The number of nitrogen functional groups attached to an aromatic ring is 1. The maximum atomic E-state index is 11.9. The average Bonchev–Trinajstić information content (AvgIpc) is 2.12. The van der Waals surface area contributed by atoms with Crippen LogP contribution in [0.5, 0.6) is 0 Å². The van der Waals surface area contributed by atoms with Crippen LogP contribution in [0, 0.1) is 6.92 Å². The zero-order valence-electron chi connectivity index (χ0n) is 8.88. The predicted molar refractivity (Wildman–Crippen MR) is 56.8 cm³/mol. The van der Waals surface area contributed by atoms with Crippen molar-refractivity contribution in [1.29, 1.82) is 0 Å². The first kappa shape index (κ1) is 13.8. The summed E-state index contributed by atoms with van der Waals surface area (Å²) in [6, 6.07) is 3.86. The summed E-state index contributed by atoms with van der Waals surface area (Å²) in [6.45, 7) is -0.0116. The largest absolute Gasteiger partial charge is 0.402 e. The average molecular weight is 268 g/mol.